The van der Waals surface area contributed by atoms with Crippen LogP contribution in [-0.2, 0) is 9.47 Å². The van der Waals surface area contributed by atoms with Crippen molar-refractivity contribution in [3.8, 4) is 45.9 Å². The van der Waals surface area contributed by atoms with Gasteiger partial charge in [0.2, 0.25) is 0 Å². The van der Waals surface area contributed by atoms with Crippen LogP contribution >= 0.6 is 0 Å². The maximum atomic E-state index is 12.7. The second kappa shape index (κ2) is 17.3. The number of ether oxygens (including phenoxy) is 2. The number of hydrogen-bond acceptors (Lipinski definition) is 8. The summed E-state index contributed by atoms with van der Waals surface area (Å²) in [4.78, 5) is 51.4. The second-order valence-electron chi connectivity index (χ2n) is 14.1. The standard InChI is InChI=1S/C52H36N6O4/c1-3-61-51(59)37-11-7-35(8-12-37)49-45-21-17-41(55-45)39(15-5-33-25-29-53-30-26-33)43-19-23-47(57-43)50(36-9-13-38(14-10-36)52(60)62-4-2)48-24-20-44(58-48)40(42-18-22-46(49)56-42)16-6-34-27-31-54-32-28-34/h7-14,17-32,55,58H,3-4H2,1-2H3. The number of esters is 2. The number of H-pyrrole nitrogens is 2. The highest BCUT2D eigenvalue weighted by atomic mass is 16.5. The van der Waals surface area contributed by atoms with E-state index in [2.05, 4.69) is 43.6 Å². The van der Waals surface area contributed by atoms with Gasteiger partial charge in [-0.15, -0.1) is 0 Å². The van der Waals surface area contributed by atoms with Crippen LogP contribution in [0.1, 0.15) is 79.6 Å². The number of benzene rings is 2. The van der Waals surface area contributed by atoms with Gasteiger partial charge in [0.15, 0.2) is 0 Å². The van der Waals surface area contributed by atoms with Crippen LogP contribution in [0.15, 0.2) is 122 Å². The lowest BCUT2D eigenvalue weighted by Crippen LogP contribution is -2.04. The van der Waals surface area contributed by atoms with E-state index >= 15 is 0 Å². The molecule has 2 aromatic carbocycles. The van der Waals surface area contributed by atoms with Crippen molar-refractivity contribution in [2.75, 3.05) is 13.2 Å². The topological polar surface area (TPSA) is 136 Å². The van der Waals surface area contributed by atoms with Gasteiger partial charge in [0.1, 0.15) is 0 Å². The molecule has 9 rings (SSSR count). The number of carbonyl (C=O) groups is 2. The Balaban J connectivity index is 1.37. The first-order chi connectivity index (χ1) is 30.4. The number of aromatic amines is 2. The fraction of sp³-hybridized carbons (Fsp3) is 0.0769. The number of hydrogen-bond donors (Lipinski definition) is 2. The zero-order valence-electron chi connectivity index (χ0n) is 33.7. The van der Waals surface area contributed by atoms with Crippen LogP contribution in [0.4, 0.5) is 0 Å². The highest BCUT2D eigenvalue weighted by molar-refractivity contribution is 5.97. The Morgan fingerprint density at radius 1 is 0.468 bits per heavy atom. The molecule has 7 aromatic rings. The third kappa shape index (κ3) is 8.04. The molecule has 5 aromatic heterocycles. The molecular formula is C52H36N6O4. The number of aromatic nitrogens is 6. The van der Waals surface area contributed by atoms with Crippen LogP contribution in [0, 0.1) is 23.7 Å². The molecule has 10 heteroatoms. The van der Waals surface area contributed by atoms with E-state index in [0.29, 0.717) is 45.0 Å². The number of rotatable bonds is 6. The maximum Gasteiger partial charge on any atom is 0.338 e. The van der Waals surface area contributed by atoms with Crippen molar-refractivity contribution in [2.45, 2.75) is 13.8 Å². The van der Waals surface area contributed by atoms with Crippen LogP contribution < -0.4 is 0 Å². The molecule has 0 aliphatic carbocycles. The van der Waals surface area contributed by atoms with Crippen molar-refractivity contribution < 1.29 is 19.1 Å². The minimum absolute atomic E-state index is 0.279. The summed E-state index contributed by atoms with van der Waals surface area (Å²) in [6, 6.07) is 30.1. The average Bonchev–Trinajstić information content (AvgIpc) is 4.16. The van der Waals surface area contributed by atoms with E-state index < -0.39 is 11.9 Å². The van der Waals surface area contributed by atoms with E-state index in [1.54, 1.807) is 62.9 Å². The van der Waals surface area contributed by atoms with Crippen LogP contribution in [0.3, 0.4) is 0 Å². The Hall–Kier alpha value is -8.60. The third-order valence-electron chi connectivity index (χ3n) is 10.1. The second-order valence-corrected chi connectivity index (χ2v) is 14.1. The lowest BCUT2D eigenvalue weighted by atomic mass is 10.0. The Morgan fingerprint density at radius 3 is 1.23 bits per heavy atom. The third-order valence-corrected chi connectivity index (χ3v) is 10.1. The molecule has 0 radical (unpaired) electrons. The minimum Gasteiger partial charge on any atom is -0.462 e. The fourth-order valence-electron chi connectivity index (χ4n) is 7.19. The summed E-state index contributed by atoms with van der Waals surface area (Å²) in [7, 11) is 0. The minimum atomic E-state index is -0.391. The van der Waals surface area contributed by atoms with Gasteiger partial charge in [-0.2, -0.15) is 0 Å². The Labute approximate surface area is 357 Å². The summed E-state index contributed by atoms with van der Waals surface area (Å²) in [6.45, 7) is 4.12. The highest BCUT2D eigenvalue weighted by Crippen LogP contribution is 2.34. The van der Waals surface area contributed by atoms with Crippen LogP contribution in [0.25, 0.3) is 68.6 Å². The lowest BCUT2D eigenvalue weighted by Gasteiger charge is -2.07. The first-order valence-corrected chi connectivity index (χ1v) is 20.0. The highest BCUT2D eigenvalue weighted by Gasteiger charge is 2.18. The van der Waals surface area contributed by atoms with Crippen LogP contribution in [-0.4, -0.2) is 55.1 Å². The molecule has 2 aliphatic rings. The zero-order chi connectivity index (χ0) is 42.4. The molecule has 0 atom stereocenters. The summed E-state index contributed by atoms with van der Waals surface area (Å²) in [5.41, 5.74) is 12.8. The molecule has 0 unspecified atom stereocenters. The van der Waals surface area contributed by atoms with Gasteiger partial charge < -0.3 is 19.4 Å². The molecule has 0 spiro atoms. The molecule has 0 saturated heterocycles. The van der Waals surface area contributed by atoms with Crippen molar-refractivity contribution >= 4 is 58.3 Å². The number of carbonyl (C=O) groups excluding carboxylic acids is 2. The van der Waals surface area contributed by atoms with Crippen molar-refractivity contribution in [3.05, 3.63) is 178 Å². The van der Waals surface area contributed by atoms with E-state index in [9.17, 15) is 9.59 Å². The average molecular weight is 809 g/mol. The first-order valence-electron chi connectivity index (χ1n) is 20.0. The summed E-state index contributed by atoms with van der Waals surface area (Å²) in [6.07, 6.45) is 14.7. The Morgan fingerprint density at radius 2 is 0.839 bits per heavy atom. The molecule has 2 aliphatic heterocycles. The van der Waals surface area contributed by atoms with E-state index in [1.165, 1.54) is 0 Å². The number of pyridine rings is 2. The van der Waals surface area contributed by atoms with E-state index in [1.807, 2.05) is 97.1 Å². The van der Waals surface area contributed by atoms with Gasteiger partial charge in [-0.1, -0.05) is 47.9 Å². The summed E-state index contributed by atoms with van der Waals surface area (Å²) >= 11 is 0. The van der Waals surface area contributed by atoms with Gasteiger partial charge in [0.05, 0.1) is 69.3 Å². The molecule has 2 N–H and O–H groups in total. The van der Waals surface area contributed by atoms with Gasteiger partial charge in [-0.05, 0) is 122 Å². The van der Waals surface area contributed by atoms with Crippen molar-refractivity contribution in [1.29, 1.82) is 0 Å². The Bertz CT molecular complexity index is 3010. The summed E-state index contributed by atoms with van der Waals surface area (Å²) in [5.74, 6) is 12.7. The van der Waals surface area contributed by atoms with Gasteiger partial charge in [-0.25, -0.2) is 19.6 Å². The summed E-state index contributed by atoms with van der Waals surface area (Å²) in [5, 5.41) is 0. The fourth-order valence-corrected chi connectivity index (χ4v) is 7.19. The quantitative estimate of drug-likeness (QED) is 0.125. The van der Waals surface area contributed by atoms with Crippen molar-refractivity contribution in [1.82, 2.24) is 29.9 Å². The molecule has 0 amide bonds. The monoisotopic (exact) mass is 808 g/mol. The van der Waals surface area contributed by atoms with Gasteiger partial charge >= 0.3 is 11.9 Å². The summed E-state index contributed by atoms with van der Waals surface area (Å²) < 4.78 is 10.5. The molecule has 62 heavy (non-hydrogen) atoms. The number of nitrogens with one attached hydrogen (secondary N) is 2. The van der Waals surface area contributed by atoms with E-state index in [0.717, 1.165) is 55.4 Å². The zero-order valence-corrected chi connectivity index (χ0v) is 33.7. The lowest BCUT2D eigenvalue weighted by molar-refractivity contribution is 0.0517. The van der Waals surface area contributed by atoms with Crippen molar-refractivity contribution in [2.24, 2.45) is 0 Å². The molecule has 10 nitrogen and oxygen atoms in total. The van der Waals surface area contributed by atoms with Gasteiger partial charge in [-0.3, -0.25) is 9.97 Å². The molecule has 298 valence electrons. The van der Waals surface area contributed by atoms with Crippen LogP contribution in [0.2, 0.25) is 0 Å². The largest absolute Gasteiger partial charge is 0.462 e. The predicted molar refractivity (Wildman–Crippen MR) is 242 cm³/mol. The maximum absolute atomic E-state index is 12.7. The Kier molecular flexibility index (Phi) is 10.9. The molecule has 0 fully saturated rings. The SMILES string of the molecule is CCOC(=O)c1ccc(-c2c3nc(c(C#Cc4ccncc4)c4ccc([nH]4)c(-c4ccc(C(=O)OCC)cc4)c4nc(c(C#Cc5ccncc5)c5ccc2[nH]5)C=C4)C=C3)cc1. The van der Waals surface area contributed by atoms with E-state index in [4.69, 9.17) is 19.4 Å². The number of nitrogens with zero attached hydrogens (tertiary/aromatic N) is 4. The normalized spacial score (nSPS) is 11.3. The number of fused-ring (bicyclic) bond motifs is 8. The van der Waals surface area contributed by atoms with Gasteiger partial charge in [0, 0.05) is 58.1 Å². The van der Waals surface area contributed by atoms with Gasteiger partial charge in [0.25, 0.3) is 0 Å². The molecule has 7 heterocycles. The predicted octanol–water partition coefficient (Wildman–Crippen LogP) is 9.93. The van der Waals surface area contributed by atoms with E-state index in [-0.39, 0.29) is 13.2 Å². The van der Waals surface area contributed by atoms with Crippen LogP contribution in [0.5, 0.6) is 0 Å². The molecule has 0 saturated carbocycles. The first kappa shape index (κ1) is 38.9. The van der Waals surface area contributed by atoms with Crippen molar-refractivity contribution in [3.63, 3.8) is 0 Å². The molecule has 8 bridgehead atoms. The smallest absolute Gasteiger partial charge is 0.338 e. The molecular weight excluding hydrogens is 773 g/mol.